The van der Waals surface area contributed by atoms with Crippen molar-refractivity contribution in [1.82, 2.24) is 0 Å². The third kappa shape index (κ3) is 6.81. The monoisotopic (exact) mass is 396 g/mol. The van der Waals surface area contributed by atoms with Crippen molar-refractivity contribution in [1.29, 1.82) is 0 Å². The molecule has 0 aromatic carbocycles. The summed E-state index contributed by atoms with van der Waals surface area (Å²) in [6.45, 7) is 0.218. The predicted molar refractivity (Wildman–Crippen MR) is 65.4 cm³/mol. The van der Waals surface area contributed by atoms with Crippen LogP contribution in [0.2, 0.25) is 0 Å². The van der Waals surface area contributed by atoms with Crippen LogP contribution in [-0.4, -0.2) is 52.4 Å². The van der Waals surface area contributed by atoms with Crippen LogP contribution in [0.25, 0.3) is 0 Å². The summed E-state index contributed by atoms with van der Waals surface area (Å²) in [7, 11) is -10.3. The van der Waals surface area contributed by atoms with Crippen LogP contribution < -0.4 is 0 Å². The highest BCUT2D eigenvalue weighted by molar-refractivity contribution is 7.87. The minimum atomic E-state index is -5.16. The van der Waals surface area contributed by atoms with E-state index < -0.39 is 55.8 Å². The standard InChI is InChI=1S/C9H14F6O6S2/c1-5(21-23(18,19)7(3)9(13,14)15)4-20-22(16,17)6(2)8(10,11)12/h5-7H,4H2,1-3H3. The van der Waals surface area contributed by atoms with Crippen molar-refractivity contribution < 1.29 is 51.5 Å². The summed E-state index contributed by atoms with van der Waals surface area (Å²) in [5.41, 5.74) is 0. The Hall–Kier alpha value is -0.600. The molecule has 0 spiro atoms. The van der Waals surface area contributed by atoms with E-state index in [-0.39, 0.29) is 0 Å². The zero-order valence-corrected chi connectivity index (χ0v) is 13.6. The van der Waals surface area contributed by atoms with Gasteiger partial charge in [-0.3, -0.25) is 8.37 Å². The topological polar surface area (TPSA) is 86.7 Å². The summed E-state index contributed by atoms with van der Waals surface area (Å²) >= 11 is 0. The number of halogens is 6. The van der Waals surface area contributed by atoms with Crippen LogP contribution in [0.15, 0.2) is 0 Å². The van der Waals surface area contributed by atoms with Crippen LogP contribution in [0.1, 0.15) is 20.8 Å². The van der Waals surface area contributed by atoms with E-state index in [0.717, 1.165) is 6.92 Å². The molecule has 0 aromatic rings. The van der Waals surface area contributed by atoms with Crippen LogP contribution in [-0.2, 0) is 28.6 Å². The quantitative estimate of drug-likeness (QED) is 0.483. The first kappa shape index (κ1) is 22.4. The summed E-state index contributed by atoms with van der Waals surface area (Å²) in [6, 6.07) is 0. The second kappa shape index (κ2) is 7.11. The zero-order chi connectivity index (χ0) is 18.9. The van der Waals surface area contributed by atoms with E-state index in [1.807, 2.05) is 0 Å². The highest BCUT2D eigenvalue weighted by Gasteiger charge is 2.48. The molecule has 0 saturated carbocycles. The van der Waals surface area contributed by atoms with Gasteiger partial charge in [-0.2, -0.15) is 43.2 Å². The Morgan fingerprint density at radius 2 is 1.13 bits per heavy atom. The molecule has 0 rings (SSSR count). The minimum absolute atomic E-state index is 0.295. The van der Waals surface area contributed by atoms with Crippen molar-refractivity contribution >= 4 is 20.2 Å². The highest BCUT2D eigenvalue weighted by Crippen LogP contribution is 2.28. The van der Waals surface area contributed by atoms with Gasteiger partial charge in [0.1, 0.15) is 0 Å². The van der Waals surface area contributed by atoms with Crippen molar-refractivity contribution in [2.75, 3.05) is 6.61 Å². The van der Waals surface area contributed by atoms with Gasteiger partial charge in [0.15, 0.2) is 10.5 Å². The molecule has 14 heteroatoms. The average Bonchev–Trinajstić information content (AvgIpc) is 2.32. The molecule has 0 bridgehead atoms. The van der Waals surface area contributed by atoms with Crippen molar-refractivity contribution in [2.24, 2.45) is 0 Å². The molecular weight excluding hydrogens is 382 g/mol. The maximum Gasteiger partial charge on any atom is 0.407 e. The second-order valence-electron chi connectivity index (χ2n) is 4.54. The lowest BCUT2D eigenvalue weighted by molar-refractivity contribution is -0.130. The van der Waals surface area contributed by atoms with Crippen molar-refractivity contribution in [2.45, 2.75) is 49.7 Å². The van der Waals surface area contributed by atoms with Gasteiger partial charge in [0, 0.05) is 0 Å². The van der Waals surface area contributed by atoms with E-state index in [1.165, 1.54) is 0 Å². The lowest BCUT2D eigenvalue weighted by Crippen LogP contribution is -2.39. The highest BCUT2D eigenvalue weighted by atomic mass is 32.2. The summed E-state index contributed by atoms with van der Waals surface area (Å²) in [6.07, 6.45) is -12.0. The summed E-state index contributed by atoms with van der Waals surface area (Å²) in [5.74, 6) is 0. The first-order chi connectivity index (χ1) is 9.91. The lowest BCUT2D eigenvalue weighted by Gasteiger charge is -2.20. The molecule has 0 aliphatic carbocycles. The predicted octanol–water partition coefficient (Wildman–Crippen LogP) is 1.97. The van der Waals surface area contributed by atoms with Gasteiger partial charge in [0.2, 0.25) is 0 Å². The molecule has 0 radical (unpaired) electrons. The fraction of sp³-hybridized carbons (Fsp3) is 1.00. The van der Waals surface area contributed by atoms with Crippen LogP contribution in [0.4, 0.5) is 26.3 Å². The number of rotatable bonds is 7. The number of hydrogen-bond donors (Lipinski definition) is 0. The van der Waals surface area contributed by atoms with E-state index in [0.29, 0.717) is 13.8 Å². The van der Waals surface area contributed by atoms with E-state index in [2.05, 4.69) is 8.37 Å². The molecule has 0 heterocycles. The molecule has 3 atom stereocenters. The van der Waals surface area contributed by atoms with Gasteiger partial charge in [0.05, 0.1) is 12.7 Å². The Balaban J connectivity index is 4.85. The van der Waals surface area contributed by atoms with Crippen LogP contribution >= 0.6 is 0 Å². The largest absolute Gasteiger partial charge is 0.407 e. The van der Waals surface area contributed by atoms with Gasteiger partial charge in [-0.1, -0.05) is 0 Å². The van der Waals surface area contributed by atoms with Gasteiger partial charge in [0.25, 0.3) is 20.2 Å². The molecule has 0 N–H and O–H groups in total. The fourth-order valence-electron chi connectivity index (χ4n) is 0.960. The van der Waals surface area contributed by atoms with E-state index in [4.69, 9.17) is 0 Å². The van der Waals surface area contributed by atoms with Crippen molar-refractivity contribution in [3.63, 3.8) is 0 Å². The molecule has 6 nitrogen and oxygen atoms in total. The molecule has 0 amide bonds. The van der Waals surface area contributed by atoms with Crippen LogP contribution in [0.5, 0.6) is 0 Å². The molecular formula is C9H14F6O6S2. The third-order valence-electron chi connectivity index (χ3n) is 2.55. The molecule has 0 aliphatic heterocycles. The number of hydrogen-bond acceptors (Lipinski definition) is 6. The Labute approximate surface area is 129 Å². The maximum atomic E-state index is 12.3. The Bertz CT molecular complexity index is 593. The molecule has 0 fully saturated rings. The Morgan fingerprint density at radius 3 is 1.48 bits per heavy atom. The summed E-state index contributed by atoms with van der Waals surface area (Å²) in [5, 5.41) is -5.80. The average molecular weight is 396 g/mol. The Kier molecular flexibility index (Phi) is 6.92. The van der Waals surface area contributed by atoms with Crippen LogP contribution in [0, 0.1) is 0 Å². The van der Waals surface area contributed by atoms with E-state index in [9.17, 15) is 43.2 Å². The number of alkyl halides is 6. The van der Waals surface area contributed by atoms with Gasteiger partial charge < -0.3 is 0 Å². The van der Waals surface area contributed by atoms with E-state index >= 15 is 0 Å². The van der Waals surface area contributed by atoms with Crippen molar-refractivity contribution in [3.05, 3.63) is 0 Å². The Morgan fingerprint density at radius 1 is 0.783 bits per heavy atom. The molecule has 23 heavy (non-hydrogen) atoms. The second-order valence-corrected chi connectivity index (χ2v) is 8.36. The first-order valence-electron chi connectivity index (χ1n) is 5.85. The minimum Gasteiger partial charge on any atom is -0.267 e. The van der Waals surface area contributed by atoms with Crippen LogP contribution in [0.3, 0.4) is 0 Å². The normalized spacial score (nSPS) is 18.5. The zero-order valence-electron chi connectivity index (χ0n) is 12.0. The lowest BCUT2D eigenvalue weighted by atomic mass is 10.5. The SMILES string of the molecule is CC(COS(=O)(=O)C(C)C(F)(F)F)OS(=O)(=O)C(C)C(F)(F)F. The molecule has 0 saturated heterocycles. The van der Waals surface area contributed by atoms with Crippen molar-refractivity contribution in [3.8, 4) is 0 Å². The third-order valence-corrected chi connectivity index (χ3v) is 5.88. The van der Waals surface area contributed by atoms with Gasteiger partial charge in [-0.25, -0.2) is 0 Å². The molecule has 0 aliphatic rings. The smallest absolute Gasteiger partial charge is 0.267 e. The molecule has 140 valence electrons. The first-order valence-corrected chi connectivity index (χ1v) is 8.79. The summed E-state index contributed by atoms with van der Waals surface area (Å²) < 4.78 is 127. The van der Waals surface area contributed by atoms with Gasteiger partial charge >= 0.3 is 12.4 Å². The fourth-order valence-corrected chi connectivity index (χ4v) is 2.88. The maximum absolute atomic E-state index is 12.3. The van der Waals surface area contributed by atoms with Gasteiger partial charge in [-0.15, -0.1) is 0 Å². The molecule has 0 aromatic heterocycles. The van der Waals surface area contributed by atoms with Gasteiger partial charge in [-0.05, 0) is 20.8 Å². The van der Waals surface area contributed by atoms with E-state index in [1.54, 1.807) is 0 Å². The molecule has 3 unspecified atom stereocenters. The summed E-state index contributed by atoms with van der Waals surface area (Å²) in [4.78, 5) is 0.